The topological polar surface area (TPSA) is 70.2 Å². The van der Waals surface area contributed by atoms with Crippen LogP contribution in [-0.2, 0) is 0 Å². The van der Waals surface area contributed by atoms with Crippen LogP contribution in [-0.4, -0.2) is 72.6 Å². The molecule has 1 aromatic heterocycles. The highest BCUT2D eigenvalue weighted by Gasteiger charge is 2.07. The molecule has 0 fully saturated rings. The van der Waals surface area contributed by atoms with E-state index in [1.165, 1.54) is 12.4 Å². The van der Waals surface area contributed by atoms with Crippen LogP contribution < -0.4 is 10.6 Å². The zero-order chi connectivity index (χ0) is 16.6. The maximum atomic E-state index is 11.7. The van der Waals surface area contributed by atoms with E-state index in [0.717, 1.165) is 38.4 Å². The summed E-state index contributed by atoms with van der Waals surface area (Å²) in [6.07, 6.45) is 7.13. The van der Waals surface area contributed by atoms with Crippen molar-refractivity contribution >= 4 is 31.2 Å². The Kier molecular flexibility index (Phi) is 14.5. The van der Waals surface area contributed by atoms with Gasteiger partial charge >= 0.3 is 0 Å². The van der Waals surface area contributed by atoms with Crippen molar-refractivity contribution in [2.24, 2.45) is 0 Å². The van der Waals surface area contributed by atoms with Crippen LogP contribution in [0.4, 0.5) is 0 Å². The van der Waals surface area contributed by atoms with Crippen LogP contribution in [0.3, 0.4) is 0 Å². The number of likely N-dealkylation sites (N-methyl/N-ethyl adjacent to an activating group) is 1. The zero-order valence-corrected chi connectivity index (χ0v) is 15.1. The number of hydrogen-bond acceptors (Lipinski definition) is 7. The monoisotopic (exact) mass is 345 g/mol. The Morgan fingerprint density at radius 1 is 1.23 bits per heavy atom. The number of carbonyl (C=O) groups excluding carboxylic acids is 1. The predicted molar refractivity (Wildman–Crippen MR) is 98.1 cm³/mol. The number of aromatic nitrogens is 2. The van der Waals surface area contributed by atoms with Crippen molar-refractivity contribution in [1.29, 1.82) is 0 Å². The lowest BCUT2D eigenvalue weighted by Gasteiger charge is -2.21. The second-order valence-corrected chi connectivity index (χ2v) is 4.82. The maximum Gasteiger partial charge on any atom is 0.271 e. The molecule has 1 heterocycles. The standard InChI is InChI=1S/C13H23N5OS.CH4S/c1-14-6-8-18(9-10-20)7-2-3-17-13(19)12-11-15-4-5-16-12;1-2/h4-5,11,14,20H,2-3,6-10H2,1H3,(H,17,19);2H,1H3. The molecule has 0 bridgehead atoms. The van der Waals surface area contributed by atoms with E-state index in [0.29, 0.717) is 12.2 Å². The highest BCUT2D eigenvalue weighted by molar-refractivity contribution is 7.80. The summed E-state index contributed by atoms with van der Waals surface area (Å²) >= 11 is 7.79. The Morgan fingerprint density at radius 3 is 2.59 bits per heavy atom. The van der Waals surface area contributed by atoms with Gasteiger partial charge in [-0.25, -0.2) is 4.98 Å². The molecule has 0 aliphatic heterocycles. The van der Waals surface area contributed by atoms with Crippen LogP contribution in [0.5, 0.6) is 0 Å². The number of carbonyl (C=O) groups is 1. The largest absolute Gasteiger partial charge is 0.351 e. The van der Waals surface area contributed by atoms with Gasteiger partial charge in [-0.3, -0.25) is 9.78 Å². The molecule has 126 valence electrons. The van der Waals surface area contributed by atoms with E-state index in [9.17, 15) is 4.79 Å². The van der Waals surface area contributed by atoms with Gasteiger partial charge in [-0.1, -0.05) is 0 Å². The van der Waals surface area contributed by atoms with E-state index in [1.807, 2.05) is 7.05 Å². The minimum Gasteiger partial charge on any atom is -0.351 e. The number of nitrogens with zero attached hydrogens (tertiary/aromatic N) is 3. The number of nitrogens with one attached hydrogen (secondary N) is 2. The molecule has 0 saturated carbocycles. The van der Waals surface area contributed by atoms with E-state index in [1.54, 1.807) is 12.5 Å². The minimum absolute atomic E-state index is 0.172. The van der Waals surface area contributed by atoms with Crippen LogP contribution in [0.15, 0.2) is 18.6 Å². The van der Waals surface area contributed by atoms with Crippen molar-refractivity contribution in [1.82, 2.24) is 25.5 Å². The van der Waals surface area contributed by atoms with Crippen molar-refractivity contribution in [2.75, 3.05) is 51.8 Å². The van der Waals surface area contributed by atoms with Gasteiger partial charge in [-0.15, -0.1) is 0 Å². The van der Waals surface area contributed by atoms with Gasteiger partial charge in [0.25, 0.3) is 5.91 Å². The predicted octanol–water partition coefficient (Wildman–Crippen LogP) is 0.594. The first kappa shape index (κ1) is 21.2. The molecule has 0 spiro atoms. The van der Waals surface area contributed by atoms with Gasteiger partial charge in [-0.05, 0) is 26.3 Å². The fourth-order valence-corrected chi connectivity index (χ4v) is 2.04. The molecule has 0 aliphatic rings. The van der Waals surface area contributed by atoms with E-state index in [2.05, 4.69) is 50.8 Å². The highest BCUT2D eigenvalue weighted by Crippen LogP contribution is 1.93. The second kappa shape index (κ2) is 15.1. The van der Waals surface area contributed by atoms with Gasteiger partial charge in [-0.2, -0.15) is 25.3 Å². The molecule has 1 aromatic rings. The average Bonchev–Trinajstić information content (AvgIpc) is 2.58. The van der Waals surface area contributed by atoms with E-state index in [-0.39, 0.29) is 5.91 Å². The molecule has 8 heteroatoms. The molecule has 1 amide bonds. The van der Waals surface area contributed by atoms with Crippen molar-refractivity contribution in [3.05, 3.63) is 24.3 Å². The summed E-state index contributed by atoms with van der Waals surface area (Å²) < 4.78 is 0. The lowest BCUT2D eigenvalue weighted by atomic mass is 10.3. The number of amides is 1. The summed E-state index contributed by atoms with van der Waals surface area (Å²) in [5, 5.41) is 5.98. The smallest absolute Gasteiger partial charge is 0.271 e. The van der Waals surface area contributed by atoms with E-state index < -0.39 is 0 Å². The first-order chi connectivity index (χ1) is 10.8. The molecule has 2 N–H and O–H groups in total. The summed E-state index contributed by atoms with van der Waals surface area (Å²) in [6.45, 7) is 4.50. The minimum atomic E-state index is -0.172. The van der Waals surface area contributed by atoms with Crippen LogP contribution in [0.2, 0.25) is 0 Å². The van der Waals surface area contributed by atoms with Gasteiger partial charge in [0, 0.05) is 44.3 Å². The zero-order valence-electron chi connectivity index (χ0n) is 13.3. The molecule has 0 aliphatic carbocycles. The number of thiol groups is 2. The maximum absolute atomic E-state index is 11.7. The number of rotatable bonds is 10. The Labute approximate surface area is 144 Å². The van der Waals surface area contributed by atoms with Crippen LogP contribution in [0.25, 0.3) is 0 Å². The average molecular weight is 346 g/mol. The Morgan fingerprint density at radius 2 is 2.00 bits per heavy atom. The van der Waals surface area contributed by atoms with Crippen molar-refractivity contribution < 1.29 is 4.79 Å². The van der Waals surface area contributed by atoms with E-state index >= 15 is 0 Å². The molecular formula is C14H27N5OS2. The molecule has 22 heavy (non-hydrogen) atoms. The molecule has 0 unspecified atom stereocenters. The lowest BCUT2D eigenvalue weighted by molar-refractivity contribution is 0.0946. The first-order valence-corrected chi connectivity index (χ1v) is 8.77. The fourth-order valence-electron chi connectivity index (χ4n) is 1.76. The number of hydrogen-bond donors (Lipinski definition) is 4. The van der Waals surface area contributed by atoms with Crippen molar-refractivity contribution in [3.8, 4) is 0 Å². The third-order valence-corrected chi connectivity index (χ3v) is 3.03. The molecule has 0 radical (unpaired) electrons. The highest BCUT2D eigenvalue weighted by atomic mass is 32.1. The molecule has 0 atom stereocenters. The summed E-state index contributed by atoms with van der Waals surface area (Å²) in [5.41, 5.74) is 0.356. The molecule has 0 aromatic carbocycles. The Hall–Kier alpha value is -0.830. The van der Waals surface area contributed by atoms with Crippen LogP contribution >= 0.6 is 25.3 Å². The summed E-state index contributed by atoms with van der Waals surface area (Å²) in [6, 6.07) is 0. The SMILES string of the molecule is CNCCN(CCS)CCCNC(=O)c1cnccn1.CS. The third kappa shape index (κ3) is 9.99. The first-order valence-electron chi connectivity index (χ1n) is 7.24. The second-order valence-electron chi connectivity index (χ2n) is 4.37. The lowest BCUT2D eigenvalue weighted by Crippen LogP contribution is -2.35. The van der Waals surface area contributed by atoms with Crippen molar-refractivity contribution in [2.45, 2.75) is 6.42 Å². The van der Waals surface area contributed by atoms with Gasteiger partial charge in [0.15, 0.2) is 0 Å². The Balaban J connectivity index is 0.00000211. The fraction of sp³-hybridized carbons (Fsp3) is 0.643. The van der Waals surface area contributed by atoms with Gasteiger partial charge in [0.05, 0.1) is 6.20 Å². The van der Waals surface area contributed by atoms with Gasteiger partial charge < -0.3 is 15.5 Å². The summed E-state index contributed by atoms with van der Waals surface area (Å²) in [4.78, 5) is 21.9. The molecule has 6 nitrogen and oxygen atoms in total. The normalized spacial score (nSPS) is 10.0. The van der Waals surface area contributed by atoms with E-state index in [4.69, 9.17) is 0 Å². The van der Waals surface area contributed by atoms with Gasteiger partial charge in [0.1, 0.15) is 5.69 Å². The third-order valence-electron chi connectivity index (χ3n) is 2.83. The van der Waals surface area contributed by atoms with Crippen molar-refractivity contribution in [3.63, 3.8) is 0 Å². The molecule has 0 saturated heterocycles. The van der Waals surface area contributed by atoms with Crippen LogP contribution in [0.1, 0.15) is 16.9 Å². The Bertz CT molecular complexity index is 381. The molecular weight excluding hydrogens is 318 g/mol. The summed E-state index contributed by atoms with van der Waals surface area (Å²) in [7, 11) is 1.94. The summed E-state index contributed by atoms with van der Waals surface area (Å²) in [5.74, 6) is 0.671. The molecule has 1 rings (SSSR count). The van der Waals surface area contributed by atoms with Gasteiger partial charge in [0.2, 0.25) is 0 Å². The quantitative estimate of drug-likeness (QED) is 0.369. The van der Waals surface area contributed by atoms with Crippen LogP contribution in [0, 0.1) is 0 Å².